The van der Waals surface area contributed by atoms with Crippen molar-refractivity contribution < 1.29 is 31.5 Å². The Hall–Kier alpha value is -0.0766. The zero-order chi connectivity index (χ0) is 8.48. The molecule has 0 aliphatic rings. The first-order chi connectivity index (χ1) is 5.00. The molecular weight excluding hydrogens is 242 g/mol. The van der Waals surface area contributed by atoms with Crippen molar-refractivity contribution in [3.05, 3.63) is 29.8 Å². The first kappa shape index (κ1) is 11.9. The van der Waals surface area contributed by atoms with Gasteiger partial charge in [0.15, 0.2) is 0 Å². The van der Waals surface area contributed by atoms with Gasteiger partial charge in [0.05, 0.1) is 0 Å². The summed E-state index contributed by atoms with van der Waals surface area (Å²) in [6.07, 6.45) is -4.20. The van der Waals surface area contributed by atoms with Gasteiger partial charge in [-0.25, -0.2) is 0 Å². The van der Waals surface area contributed by atoms with E-state index in [9.17, 15) is 13.2 Å². The van der Waals surface area contributed by atoms with Gasteiger partial charge in [-0.3, -0.25) is 0 Å². The van der Waals surface area contributed by atoms with Crippen LogP contribution in [0.3, 0.4) is 0 Å². The van der Waals surface area contributed by atoms with E-state index in [1.165, 1.54) is 12.1 Å². The van der Waals surface area contributed by atoms with E-state index in [0.717, 1.165) is 34.6 Å². The molecule has 0 unspecified atom stereocenters. The van der Waals surface area contributed by atoms with Crippen molar-refractivity contribution in [2.75, 3.05) is 0 Å². The van der Waals surface area contributed by atoms with Crippen molar-refractivity contribution in [2.45, 2.75) is 6.18 Å². The Morgan fingerprint density at radius 1 is 1.00 bits per heavy atom. The second-order valence-electron chi connectivity index (χ2n) is 2.19. The summed E-state index contributed by atoms with van der Waals surface area (Å²) >= 11 is 0.887. The first-order valence-corrected chi connectivity index (χ1v) is 4.48. The van der Waals surface area contributed by atoms with Gasteiger partial charge in [-0.05, 0) is 0 Å². The third-order valence-corrected chi connectivity index (χ3v) is 2.27. The molecule has 0 heterocycles. The van der Waals surface area contributed by atoms with Gasteiger partial charge < -0.3 is 0 Å². The molecule has 0 aliphatic carbocycles. The molecule has 63 valence electrons. The summed E-state index contributed by atoms with van der Waals surface area (Å²) in [5.41, 5.74) is -0.574. The molecule has 1 aromatic carbocycles. The molecule has 0 N–H and O–H groups in total. The average Bonchev–Trinajstić information content (AvgIpc) is 1.86. The second-order valence-corrected chi connectivity index (χ2v) is 3.91. The summed E-state index contributed by atoms with van der Waals surface area (Å²) < 4.78 is 36.7. The van der Waals surface area contributed by atoms with Crippen LogP contribution in [0.1, 0.15) is 5.56 Å². The Bertz CT molecular complexity index is 242. The fourth-order valence-electron chi connectivity index (χ4n) is 0.694. The predicted molar refractivity (Wildman–Crippen MR) is 38.3 cm³/mol. The fourth-order valence-corrected chi connectivity index (χ4v) is 1.19. The molecule has 1 rings (SSSR count). The molecule has 0 saturated heterocycles. The van der Waals surface area contributed by atoms with Gasteiger partial charge in [0.25, 0.3) is 0 Å². The molecule has 0 aromatic heterocycles. The van der Waals surface area contributed by atoms with Crippen molar-refractivity contribution in [1.82, 2.24) is 0 Å². The van der Waals surface area contributed by atoms with E-state index in [-0.39, 0.29) is 12.4 Å². The van der Waals surface area contributed by atoms with Crippen LogP contribution in [0.4, 0.5) is 13.2 Å². The molecule has 1 aromatic rings. The summed E-state index contributed by atoms with van der Waals surface area (Å²) in [5, 5.41) is 0. The van der Waals surface area contributed by atoms with Crippen LogP contribution in [0.5, 0.6) is 0 Å². The monoisotopic (exact) mass is 245 g/mol. The molecule has 0 atom stereocenters. The Balaban J connectivity index is 0.00000121. The second kappa shape index (κ2) is 4.24. The van der Waals surface area contributed by atoms with Crippen molar-refractivity contribution in [3.63, 3.8) is 0 Å². The summed E-state index contributed by atoms with van der Waals surface area (Å²) in [6, 6.07) is 5.23. The maximum absolute atomic E-state index is 11.9. The van der Waals surface area contributed by atoms with Gasteiger partial charge in [0.1, 0.15) is 0 Å². The van der Waals surface area contributed by atoms with Gasteiger partial charge in [-0.1, -0.05) is 0 Å². The molecule has 0 saturated carbocycles. The summed E-state index contributed by atoms with van der Waals surface area (Å²) in [5.74, 6) is 0. The van der Waals surface area contributed by atoms with Crippen molar-refractivity contribution in [2.24, 2.45) is 0 Å². The van der Waals surface area contributed by atoms with E-state index >= 15 is 0 Å². The maximum atomic E-state index is 11.9. The number of hydrogen-bond acceptors (Lipinski definition) is 0. The Kier molecular flexibility index (Phi) is 4.22. The first-order valence-electron chi connectivity index (χ1n) is 2.99. The van der Waals surface area contributed by atoms with Gasteiger partial charge in [0.2, 0.25) is 0 Å². The fraction of sp³-hybridized carbons (Fsp3) is 0.143. The van der Waals surface area contributed by atoms with E-state index in [2.05, 4.69) is 0 Å². The topological polar surface area (TPSA) is 0 Å². The molecule has 0 amide bonds. The molecule has 0 bridgehead atoms. The van der Waals surface area contributed by atoms with Crippen molar-refractivity contribution in [3.8, 4) is 0 Å². The van der Waals surface area contributed by atoms with E-state index < -0.39 is 11.7 Å². The minimum atomic E-state index is -4.20. The number of alkyl halides is 3. The molecule has 0 radical (unpaired) electrons. The average molecular weight is 247 g/mol. The summed E-state index contributed by atoms with van der Waals surface area (Å²) in [6.45, 7) is 0. The SMILES string of the molecule is Cl.FC(F)(F)c1cc[c]([Zn])cc1. The normalized spacial score (nSPS) is 10.8. The summed E-state index contributed by atoms with van der Waals surface area (Å²) in [4.78, 5) is 0. The van der Waals surface area contributed by atoms with Crippen molar-refractivity contribution in [1.29, 1.82) is 0 Å². The van der Waals surface area contributed by atoms with Crippen LogP contribution in [0.2, 0.25) is 0 Å². The Labute approximate surface area is 84.2 Å². The van der Waals surface area contributed by atoms with E-state index in [1.54, 1.807) is 0 Å². The van der Waals surface area contributed by atoms with Crippen LogP contribution in [0.25, 0.3) is 0 Å². The van der Waals surface area contributed by atoms with Crippen LogP contribution in [0.15, 0.2) is 24.3 Å². The van der Waals surface area contributed by atoms with E-state index in [4.69, 9.17) is 0 Å². The van der Waals surface area contributed by atoms with Crippen molar-refractivity contribution >= 4 is 16.6 Å². The van der Waals surface area contributed by atoms with Gasteiger partial charge in [-0.2, -0.15) is 0 Å². The van der Waals surface area contributed by atoms with Crippen LogP contribution < -0.4 is 4.16 Å². The van der Waals surface area contributed by atoms with Crippen LogP contribution in [-0.2, 0) is 24.5 Å². The molecule has 0 fully saturated rings. The predicted octanol–water partition coefficient (Wildman–Crippen LogP) is 2.30. The molecule has 0 spiro atoms. The molecule has 12 heavy (non-hydrogen) atoms. The third kappa shape index (κ3) is 3.12. The molecule has 0 aliphatic heterocycles. The number of halogens is 4. The Morgan fingerprint density at radius 2 is 1.42 bits per heavy atom. The number of rotatable bonds is 0. The molecule has 5 heteroatoms. The molecular formula is C7H5ClF3Zn. The third-order valence-electron chi connectivity index (χ3n) is 1.28. The van der Waals surface area contributed by atoms with E-state index in [1.807, 2.05) is 0 Å². The zero-order valence-electron chi connectivity index (χ0n) is 6.06. The van der Waals surface area contributed by atoms with Crippen LogP contribution >= 0.6 is 12.4 Å². The Morgan fingerprint density at radius 3 is 1.75 bits per heavy atom. The molecule has 0 nitrogen and oxygen atoms in total. The van der Waals surface area contributed by atoms with E-state index in [0.29, 0.717) is 0 Å². The minimum absolute atomic E-state index is 0. The van der Waals surface area contributed by atoms with Gasteiger partial charge in [-0.15, -0.1) is 12.4 Å². The quantitative estimate of drug-likeness (QED) is 0.617. The standard InChI is InChI=1S/C7H4F3.ClH.Zn/c8-7(9,10)6-4-2-1-3-5-6;;/h2-5H;1H;. The van der Waals surface area contributed by atoms with Gasteiger partial charge in [0, 0.05) is 0 Å². The van der Waals surface area contributed by atoms with Crippen LogP contribution in [-0.4, -0.2) is 0 Å². The zero-order valence-corrected chi connectivity index (χ0v) is 9.84. The number of hydrogen-bond donors (Lipinski definition) is 0. The van der Waals surface area contributed by atoms with Crippen LogP contribution in [0, 0.1) is 0 Å². The number of benzene rings is 1. The summed E-state index contributed by atoms with van der Waals surface area (Å²) in [7, 11) is 0. The van der Waals surface area contributed by atoms with Gasteiger partial charge >= 0.3 is 71.6 Å².